The standard InChI is InChI=1S/C13H16BrFN4/c1-19(2)6-5-17-13-12-9(15)3-4-10(16)11(12)8(14)7-18-13/h3-4,7H,5-6,16H2,1-2H3,(H,17,18). The fraction of sp³-hybridized carbons (Fsp3) is 0.308. The van der Waals surface area contributed by atoms with Crippen molar-refractivity contribution in [2.75, 3.05) is 38.2 Å². The van der Waals surface area contributed by atoms with E-state index in [1.807, 2.05) is 19.0 Å². The van der Waals surface area contributed by atoms with Crippen LogP contribution >= 0.6 is 15.9 Å². The Bertz CT molecular complexity index is 592. The second kappa shape index (κ2) is 5.71. The van der Waals surface area contributed by atoms with Gasteiger partial charge in [0.05, 0.1) is 5.39 Å². The number of nitrogen functional groups attached to an aromatic ring is 1. The summed E-state index contributed by atoms with van der Waals surface area (Å²) in [7, 11) is 3.96. The molecule has 102 valence electrons. The smallest absolute Gasteiger partial charge is 0.137 e. The van der Waals surface area contributed by atoms with Crippen LogP contribution in [0.15, 0.2) is 22.8 Å². The molecule has 0 saturated carbocycles. The summed E-state index contributed by atoms with van der Waals surface area (Å²) in [6.45, 7) is 1.52. The molecule has 0 aliphatic rings. The van der Waals surface area contributed by atoms with Crippen LogP contribution in [0.2, 0.25) is 0 Å². The molecule has 3 N–H and O–H groups in total. The molecule has 0 amide bonds. The molecular formula is C13H16BrFN4. The summed E-state index contributed by atoms with van der Waals surface area (Å²) in [5.74, 6) is 0.190. The number of aromatic nitrogens is 1. The average molecular weight is 327 g/mol. The quantitative estimate of drug-likeness (QED) is 0.848. The maximum atomic E-state index is 14.0. The molecule has 0 bridgehead atoms. The third kappa shape index (κ3) is 2.96. The number of benzene rings is 1. The van der Waals surface area contributed by atoms with Crippen LogP contribution < -0.4 is 11.1 Å². The fourth-order valence-electron chi connectivity index (χ4n) is 1.86. The number of likely N-dealkylation sites (N-methyl/N-ethyl adjacent to an activating group) is 1. The predicted molar refractivity (Wildman–Crippen MR) is 80.9 cm³/mol. The van der Waals surface area contributed by atoms with Gasteiger partial charge in [0.2, 0.25) is 0 Å². The van der Waals surface area contributed by atoms with E-state index >= 15 is 0 Å². The molecule has 4 nitrogen and oxygen atoms in total. The molecule has 0 saturated heterocycles. The molecule has 0 unspecified atom stereocenters. The monoisotopic (exact) mass is 326 g/mol. The van der Waals surface area contributed by atoms with E-state index in [1.54, 1.807) is 12.3 Å². The van der Waals surface area contributed by atoms with Gasteiger partial charge < -0.3 is 16.0 Å². The van der Waals surface area contributed by atoms with Gasteiger partial charge in [-0.3, -0.25) is 0 Å². The highest BCUT2D eigenvalue weighted by molar-refractivity contribution is 9.10. The van der Waals surface area contributed by atoms with Crippen molar-refractivity contribution in [2.45, 2.75) is 0 Å². The van der Waals surface area contributed by atoms with Gasteiger partial charge in [0.25, 0.3) is 0 Å². The second-order valence-electron chi connectivity index (χ2n) is 4.57. The van der Waals surface area contributed by atoms with E-state index < -0.39 is 0 Å². The molecule has 0 radical (unpaired) electrons. The van der Waals surface area contributed by atoms with Gasteiger partial charge in [0.1, 0.15) is 11.6 Å². The largest absolute Gasteiger partial charge is 0.398 e. The van der Waals surface area contributed by atoms with Crippen LogP contribution in [-0.4, -0.2) is 37.1 Å². The molecule has 0 fully saturated rings. The van der Waals surface area contributed by atoms with E-state index in [1.165, 1.54) is 6.07 Å². The number of nitrogens with zero attached hydrogens (tertiary/aromatic N) is 2. The minimum absolute atomic E-state index is 0.328. The summed E-state index contributed by atoms with van der Waals surface area (Å²) < 4.78 is 14.7. The van der Waals surface area contributed by atoms with Crippen LogP contribution in [0.3, 0.4) is 0 Å². The normalized spacial score (nSPS) is 11.2. The molecule has 0 spiro atoms. The van der Waals surface area contributed by atoms with Gasteiger partial charge in [0, 0.05) is 34.8 Å². The second-order valence-corrected chi connectivity index (χ2v) is 5.43. The van der Waals surface area contributed by atoms with Gasteiger partial charge >= 0.3 is 0 Å². The van der Waals surface area contributed by atoms with Crippen molar-refractivity contribution in [1.29, 1.82) is 0 Å². The van der Waals surface area contributed by atoms with Crippen molar-refractivity contribution in [2.24, 2.45) is 0 Å². The third-order valence-corrected chi connectivity index (χ3v) is 3.42. The maximum absolute atomic E-state index is 14.0. The summed E-state index contributed by atoms with van der Waals surface area (Å²) in [6.07, 6.45) is 1.64. The first kappa shape index (κ1) is 14.0. The zero-order valence-electron chi connectivity index (χ0n) is 10.9. The van der Waals surface area contributed by atoms with Crippen molar-refractivity contribution in [1.82, 2.24) is 9.88 Å². The van der Waals surface area contributed by atoms with Gasteiger partial charge in [0.15, 0.2) is 0 Å². The number of hydrogen-bond donors (Lipinski definition) is 2. The number of fused-ring (bicyclic) bond motifs is 1. The van der Waals surface area contributed by atoms with Crippen LogP contribution in [0.4, 0.5) is 15.9 Å². The lowest BCUT2D eigenvalue weighted by atomic mass is 10.1. The van der Waals surface area contributed by atoms with Crippen LogP contribution in [0, 0.1) is 5.82 Å². The lowest BCUT2D eigenvalue weighted by Crippen LogP contribution is -2.21. The minimum Gasteiger partial charge on any atom is -0.398 e. The van der Waals surface area contributed by atoms with Crippen molar-refractivity contribution in [3.63, 3.8) is 0 Å². The topological polar surface area (TPSA) is 54.2 Å². The molecule has 2 aromatic rings. The Morgan fingerprint density at radius 2 is 2.11 bits per heavy atom. The predicted octanol–water partition coefficient (Wildman–Crippen LogP) is 2.69. The van der Waals surface area contributed by atoms with Crippen LogP contribution in [-0.2, 0) is 0 Å². The first-order valence-corrected chi connectivity index (χ1v) is 6.71. The molecule has 6 heteroatoms. The van der Waals surface area contributed by atoms with Crippen molar-refractivity contribution >= 4 is 38.2 Å². The molecular weight excluding hydrogens is 311 g/mol. The number of pyridine rings is 1. The highest BCUT2D eigenvalue weighted by atomic mass is 79.9. The molecule has 19 heavy (non-hydrogen) atoms. The number of anilines is 2. The summed E-state index contributed by atoms with van der Waals surface area (Å²) in [5, 5.41) is 4.22. The molecule has 0 aliphatic carbocycles. The SMILES string of the molecule is CN(C)CCNc1ncc(Br)c2c(N)ccc(F)c12. The Kier molecular flexibility index (Phi) is 4.21. The van der Waals surface area contributed by atoms with Gasteiger partial charge in [-0.1, -0.05) is 0 Å². The third-order valence-electron chi connectivity index (χ3n) is 2.82. The van der Waals surface area contributed by atoms with Gasteiger partial charge in [-0.2, -0.15) is 0 Å². The highest BCUT2D eigenvalue weighted by Crippen LogP contribution is 2.34. The van der Waals surface area contributed by atoms with Gasteiger partial charge in [-0.15, -0.1) is 0 Å². The average Bonchev–Trinajstić information content (AvgIpc) is 2.35. The van der Waals surface area contributed by atoms with E-state index in [9.17, 15) is 4.39 Å². The van der Waals surface area contributed by atoms with E-state index in [0.29, 0.717) is 33.3 Å². The summed E-state index contributed by atoms with van der Waals surface area (Å²) in [5.41, 5.74) is 6.44. The van der Waals surface area contributed by atoms with Gasteiger partial charge in [-0.25, -0.2) is 9.37 Å². The lowest BCUT2D eigenvalue weighted by Gasteiger charge is -2.14. The number of hydrogen-bond acceptors (Lipinski definition) is 4. The van der Waals surface area contributed by atoms with E-state index in [4.69, 9.17) is 5.73 Å². The number of halogens is 2. The van der Waals surface area contributed by atoms with Crippen molar-refractivity contribution in [3.05, 3.63) is 28.6 Å². The Morgan fingerprint density at radius 3 is 2.79 bits per heavy atom. The fourth-order valence-corrected chi connectivity index (χ4v) is 2.39. The first-order valence-electron chi connectivity index (χ1n) is 5.91. The zero-order chi connectivity index (χ0) is 14.0. The minimum atomic E-state index is -0.328. The molecule has 2 rings (SSSR count). The summed E-state index contributed by atoms with van der Waals surface area (Å²) in [6, 6.07) is 2.93. The number of rotatable bonds is 4. The Morgan fingerprint density at radius 1 is 1.37 bits per heavy atom. The van der Waals surface area contributed by atoms with Crippen LogP contribution in [0.25, 0.3) is 10.8 Å². The van der Waals surface area contributed by atoms with Gasteiger partial charge in [-0.05, 0) is 42.2 Å². The Hall–Kier alpha value is -1.40. The molecule has 0 aliphatic heterocycles. The summed E-state index contributed by atoms with van der Waals surface area (Å²) in [4.78, 5) is 6.27. The number of nitrogens with one attached hydrogen (secondary N) is 1. The molecule has 1 aromatic carbocycles. The van der Waals surface area contributed by atoms with E-state index in [2.05, 4.69) is 26.2 Å². The first-order chi connectivity index (χ1) is 9.00. The summed E-state index contributed by atoms with van der Waals surface area (Å²) >= 11 is 3.36. The number of nitrogens with two attached hydrogens (primary N) is 1. The molecule has 1 aromatic heterocycles. The van der Waals surface area contributed by atoms with E-state index in [-0.39, 0.29) is 5.82 Å². The van der Waals surface area contributed by atoms with Crippen molar-refractivity contribution in [3.8, 4) is 0 Å². The maximum Gasteiger partial charge on any atom is 0.137 e. The van der Waals surface area contributed by atoms with Crippen LogP contribution in [0.1, 0.15) is 0 Å². The molecule has 1 heterocycles. The molecule has 0 atom stereocenters. The van der Waals surface area contributed by atoms with Crippen LogP contribution in [0.5, 0.6) is 0 Å². The highest BCUT2D eigenvalue weighted by Gasteiger charge is 2.13. The van der Waals surface area contributed by atoms with E-state index in [0.717, 1.165) is 6.54 Å². The Labute approximate surface area is 119 Å². The zero-order valence-corrected chi connectivity index (χ0v) is 12.5. The Balaban J connectivity index is 2.45. The lowest BCUT2D eigenvalue weighted by molar-refractivity contribution is 0.425. The van der Waals surface area contributed by atoms with Crippen molar-refractivity contribution < 1.29 is 4.39 Å².